The molecule has 1 aliphatic rings. The fourth-order valence-corrected chi connectivity index (χ4v) is 2.46. The molecule has 1 fully saturated rings. The molecule has 1 atom stereocenters. The first kappa shape index (κ1) is 11.4. The van der Waals surface area contributed by atoms with Gasteiger partial charge in [-0.15, -0.1) is 0 Å². The Labute approximate surface area is 97.9 Å². The van der Waals surface area contributed by atoms with Gasteiger partial charge in [-0.2, -0.15) is 0 Å². The highest BCUT2D eigenvalue weighted by Crippen LogP contribution is 2.20. The monoisotopic (exact) mass is 219 g/mol. The average molecular weight is 219 g/mol. The van der Waals surface area contributed by atoms with Crippen LogP contribution >= 0.6 is 0 Å². The molecule has 0 saturated carbocycles. The third-order valence-electron chi connectivity index (χ3n) is 3.26. The Kier molecular flexibility index (Phi) is 3.78. The highest BCUT2D eigenvalue weighted by molar-refractivity contribution is 5.42. The van der Waals surface area contributed by atoms with E-state index >= 15 is 0 Å². The van der Waals surface area contributed by atoms with Crippen molar-refractivity contribution in [1.29, 1.82) is 0 Å². The number of aromatic nitrogens is 1. The molecule has 0 bridgehead atoms. The first-order chi connectivity index (χ1) is 7.79. The fourth-order valence-electron chi connectivity index (χ4n) is 2.46. The normalized spacial score (nSPS) is 22.0. The molecule has 0 radical (unpaired) electrons. The first-order valence-corrected chi connectivity index (χ1v) is 6.13. The zero-order valence-electron chi connectivity index (χ0n) is 10.2. The van der Waals surface area contributed by atoms with Gasteiger partial charge in [0.25, 0.3) is 0 Å². The minimum Gasteiger partial charge on any atom is -0.373 e. The zero-order chi connectivity index (χ0) is 11.4. The van der Waals surface area contributed by atoms with Gasteiger partial charge in [0, 0.05) is 31.9 Å². The maximum atomic E-state index is 4.34. The summed E-state index contributed by atoms with van der Waals surface area (Å²) in [6, 6.07) is 4.18. The highest BCUT2D eigenvalue weighted by Gasteiger charge is 2.17. The molecule has 3 nitrogen and oxygen atoms in total. The van der Waals surface area contributed by atoms with Crippen LogP contribution in [-0.4, -0.2) is 30.0 Å². The maximum absolute atomic E-state index is 4.34. The Hall–Kier alpha value is -1.09. The van der Waals surface area contributed by atoms with E-state index in [4.69, 9.17) is 0 Å². The fraction of sp³-hybridized carbons (Fsp3) is 0.615. The highest BCUT2D eigenvalue weighted by atomic mass is 15.1. The Morgan fingerprint density at radius 3 is 3.19 bits per heavy atom. The molecule has 0 aromatic carbocycles. The lowest BCUT2D eigenvalue weighted by Crippen LogP contribution is -2.33. The van der Waals surface area contributed by atoms with Crippen molar-refractivity contribution in [2.24, 2.45) is 5.92 Å². The third kappa shape index (κ3) is 2.73. The van der Waals surface area contributed by atoms with Gasteiger partial charge in [-0.3, -0.25) is 4.90 Å². The van der Waals surface area contributed by atoms with Crippen LogP contribution < -0.4 is 5.32 Å². The molecule has 0 amide bonds. The van der Waals surface area contributed by atoms with Crippen LogP contribution in [0.5, 0.6) is 0 Å². The van der Waals surface area contributed by atoms with Gasteiger partial charge < -0.3 is 5.32 Å². The van der Waals surface area contributed by atoms with E-state index in [1.807, 2.05) is 19.3 Å². The lowest BCUT2D eigenvalue weighted by Gasteiger charge is -2.31. The van der Waals surface area contributed by atoms with Crippen LogP contribution in [0.3, 0.4) is 0 Å². The van der Waals surface area contributed by atoms with Crippen molar-refractivity contribution in [2.75, 3.05) is 25.5 Å². The molecule has 0 spiro atoms. The van der Waals surface area contributed by atoms with E-state index < -0.39 is 0 Å². The number of nitrogens with one attached hydrogen (secondary N) is 1. The summed E-state index contributed by atoms with van der Waals surface area (Å²) < 4.78 is 0. The van der Waals surface area contributed by atoms with Crippen LogP contribution in [0.4, 0.5) is 5.82 Å². The number of likely N-dealkylation sites (tertiary alicyclic amines) is 1. The molecule has 88 valence electrons. The molecule has 2 rings (SSSR count). The van der Waals surface area contributed by atoms with Crippen LogP contribution in [0, 0.1) is 5.92 Å². The molecule has 2 heterocycles. The Morgan fingerprint density at radius 2 is 2.44 bits per heavy atom. The number of anilines is 1. The first-order valence-electron chi connectivity index (χ1n) is 6.13. The molecule has 16 heavy (non-hydrogen) atoms. The number of piperidine rings is 1. The van der Waals surface area contributed by atoms with Gasteiger partial charge in [0.1, 0.15) is 5.82 Å². The molecular formula is C13H21N3. The smallest absolute Gasteiger partial charge is 0.130 e. The van der Waals surface area contributed by atoms with E-state index in [9.17, 15) is 0 Å². The molecular weight excluding hydrogens is 198 g/mol. The summed E-state index contributed by atoms with van der Waals surface area (Å²) in [7, 11) is 1.94. The number of pyridine rings is 1. The largest absolute Gasteiger partial charge is 0.373 e. The van der Waals surface area contributed by atoms with Gasteiger partial charge in [-0.25, -0.2) is 4.98 Å². The van der Waals surface area contributed by atoms with Crippen LogP contribution in [0.15, 0.2) is 18.3 Å². The van der Waals surface area contributed by atoms with E-state index in [-0.39, 0.29) is 0 Å². The molecule has 1 saturated heterocycles. The number of rotatable bonds is 3. The molecule has 0 aliphatic carbocycles. The summed E-state index contributed by atoms with van der Waals surface area (Å²) in [6.45, 7) is 5.81. The molecule has 1 aromatic heterocycles. The van der Waals surface area contributed by atoms with Crippen molar-refractivity contribution in [1.82, 2.24) is 9.88 Å². The summed E-state index contributed by atoms with van der Waals surface area (Å²) in [5.41, 5.74) is 1.30. The maximum Gasteiger partial charge on any atom is 0.130 e. The van der Waals surface area contributed by atoms with E-state index in [0.717, 1.165) is 18.3 Å². The van der Waals surface area contributed by atoms with Crippen molar-refractivity contribution in [3.8, 4) is 0 Å². The standard InChI is InChI=1S/C13H21N3/c1-11-5-4-8-16(9-11)10-12-6-3-7-15-13(12)14-2/h3,6-7,11H,4-5,8-10H2,1-2H3,(H,14,15). The summed E-state index contributed by atoms with van der Waals surface area (Å²) in [5.74, 6) is 1.85. The van der Waals surface area contributed by atoms with Crippen LogP contribution in [0.1, 0.15) is 25.3 Å². The van der Waals surface area contributed by atoms with Crippen molar-refractivity contribution in [3.05, 3.63) is 23.9 Å². The van der Waals surface area contributed by atoms with E-state index in [0.29, 0.717) is 0 Å². The molecule has 1 aromatic rings. The quantitative estimate of drug-likeness (QED) is 0.846. The topological polar surface area (TPSA) is 28.2 Å². The molecule has 1 aliphatic heterocycles. The van der Waals surface area contributed by atoms with E-state index in [1.165, 1.54) is 31.5 Å². The zero-order valence-corrected chi connectivity index (χ0v) is 10.2. The summed E-state index contributed by atoms with van der Waals surface area (Å²) in [5, 5.41) is 3.16. The van der Waals surface area contributed by atoms with Gasteiger partial charge in [0.15, 0.2) is 0 Å². The minimum atomic E-state index is 0.837. The SMILES string of the molecule is CNc1ncccc1CN1CCCC(C)C1. The second-order valence-corrected chi connectivity index (χ2v) is 4.74. The lowest BCUT2D eigenvalue weighted by molar-refractivity contribution is 0.177. The van der Waals surface area contributed by atoms with Gasteiger partial charge >= 0.3 is 0 Å². The molecule has 1 N–H and O–H groups in total. The summed E-state index contributed by atoms with van der Waals surface area (Å²) in [4.78, 5) is 6.88. The van der Waals surface area contributed by atoms with Crippen molar-refractivity contribution < 1.29 is 0 Å². The third-order valence-corrected chi connectivity index (χ3v) is 3.26. The minimum absolute atomic E-state index is 0.837. The van der Waals surface area contributed by atoms with Gasteiger partial charge in [-0.1, -0.05) is 13.0 Å². The Bertz CT molecular complexity index is 338. The van der Waals surface area contributed by atoms with Crippen molar-refractivity contribution in [3.63, 3.8) is 0 Å². The van der Waals surface area contributed by atoms with E-state index in [2.05, 4.69) is 28.2 Å². The molecule has 1 unspecified atom stereocenters. The number of nitrogens with zero attached hydrogens (tertiary/aromatic N) is 2. The predicted molar refractivity (Wildman–Crippen MR) is 67.5 cm³/mol. The van der Waals surface area contributed by atoms with Gasteiger partial charge in [0.05, 0.1) is 0 Å². The predicted octanol–water partition coefficient (Wildman–Crippen LogP) is 2.36. The van der Waals surface area contributed by atoms with Crippen LogP contribution in [0.2, 0.25) is 0 Å². The van der Waals surface area contributed by atoms with Crippen LogP contribution in [0.25, 0.3) is 0 Å². The number of hydrogen-bond acceptors (Lipinski definition) is 3. The van der Waals surface area contributed by atoms with Crippen LogP contribution in [-0.2, 0) is 6.54 Å². The van der Waals surface area contributed by atoms with E-state index in [1.54, 1.807) is 0 Å². The summed E-state index contributed by atoms with van der Waals surface area (Å²) >= 11 is 0. The number of hydrogen-bond donors (Lipinski definition) is 1. The lowest BCUT2D eigenvalue weighted by atomic mass is 10.00. The Balaban J connectivity index is 2.02. The average Bonchev–Trinajstić information content (AvgIpc) is 2.30. The molecule has 3 heteroatoms. The summed E-state index contributed by atoms with van der Waals surface area (Å²) in [6.07, 6.45) is 4.55. The Morgan fingerprint density at radius 1 is 1.56 bits per heavy atom. The second-order valence-electron chi connectivity index (χ2n) is 4.74. The van der Waals surface area contributed by atoms with Crippen molar-refractivity contribution >= 4 is 5.82 Å². The van der Waals surface area contributed by atoms with Gasteiger partial charge in [0.2, 0.25) is 0 Å². The van der Waals surface area contributed by atoms with Gasteiger partial charge in [-0.05, 0) is 31.4 Å². The second kappa shape index (κ2) is 5.30. The van der Waals surface area contributed by atoms with Crippen molar-refractivity contribution in [2.45, 2.75) is 26.3 Å².